The predicted molar refractivity (Wildman–Crippen MR) is 76.0 cm³/mol. The van der Waals surface area contributed by atoms with Crippen LogP contribution < -0.4 is 0 Å². The number of hydrogen-bond acceptors (Lipinski definition) is 3. The van der Waals surface area contributed by atoms with E-state index in [0.29, 0.717) is 22.5 Å². The lowest BCUT2D eigenvalue weighted by molar-refractivity contribution is 0.0599. The molecule has 0 bridgehead atoms. The Morgan fingerprint density at radius 3 is 2.25 bits per heavy atom. The van der Waals surface area contributed by atoms with Gasteiger partial charge in [0.25, 0.3) is 5.91 Å². The van der Waals surface area contributed by atoms with E-state index in [-0.39, 0.29) is 5.91 Å². The topological polar surface area (TPSA) is 62.4 Å². The van der Waals surface area contributed by atoms with Crippen molar-refractivity contribution >= 4 is 11.9 Å². The molecule has 1 aromatic rings. The predicted octanol–water partition coefficient (Wildman–Crippen LogP) is 2.43. The Balaban J connectivity index is 2.28. The van der Waals surface area contributed by atoms with E-state index in [1.807, 2.05) is 4.90 Å². The van der Waals surface area contributed by atoms with Crippen molar-refractivity contribution in [3.8, 4) is 0 Å². The second kappa shape index (κ2) is 6.11. The normalized spacial score (nSPS) is 15.8. The molecule has 0 unspecified atom stereocenters. The fraction of sp³-hybridized carbons (Fsp3) is 0.600. The number of amides is 1. The van der Waals surface area contributed by atoms with Gasteiger partial charge in [-0.15, -0.1) is 0 Å². The molecule has 2 rings (SSSR count). The van der Waals surface area contributed by atoms with Gasteiger partial charge in [-0.1, -0.05) is 12.8 Å². The molecule has 0 saturated carbocycles. The monoisotopic (exact) mass is 278 g/mol. The van der Waals surface area contributed by atoms with Gasteiger partial charge in [0, 0.05) is 18.8 Å². The van der Waals surface area contributed by atoms with Crippen molar-refractivity contribution in [2.75, 3.05) is 20.2 Å². The van der Waals surface area contributed by atoms with Crippen molar-refractivity contribution in [1.29, 1.82) is 0 Å². The average molecular weight is 278 g/mol. The molecule has 0 radical (unpaired) electrons. The molecule has 0 aliphatic carbocycles. The molecule has 110 valence electrons. The van der Waals surface area contributed by atoms with Crippen molar-refractivity contribution < 1.29 is 14.3 Å². The van der Waals surface area contributed by atoms with Crippen LogP contribution >= 0.6 is 0 Å². The van der Waals surface area contributed by atoms with Crippen LogP contribution in [0.5, 0.6) is 0 Å². The van der Waals surface area contributed by atoms with E-state index in [0.717, 1.165) is 25.9 Å². The lowest BCUT2D eigenvalue weighted by Gasteiger charge is -2.20. The molecule has 1 amide bonds. The summed E-state index contributed by atoms with van der Waals surface area (Å²) in [5.41, 5.74) is 2.37. The van der Waals surface area contributed by atoms with Gasteiger partial charge < -0.3 is 14.6 Å². The lowest BCUT2D eigenvalue weighted by atomic mass is 10.1. The van der Waals surface area contributed by atoms with Gasteiger partial charge in [0.05, 0.1) is 12.7 Å². The standard InChI is InChI=1S/C15H22N2O3/c1-10-12(15(19)20-3)11(2)16-13(10)14(18)17-8-6-4-5-7-9-17/h16H,4-9H2,1-3H3. The first-order chi connectivity index (χ1) is 9.56. The van der Waals surface area contributed by atoms with Crippen LogP contribution in [-0.2, 0) is 4.74 Å². The third-order valence-electron chi connectivity index (χ3n) is 3.93. The zero-order valence-corrected chi connectivity index (χ0v) is 12.4. The zero-order chi connectivity index (χ0) is 14.7. The molecule has 5 heteroatoms. The minimum atomic E-state index is -0.397. The van der Waals surface area contributed by atoms with E-state index in [1.165, 1.54) is 20.0 Å². The van der Waals surface area contributed by atoms with E-state index in [4.69, 9.17) is 4.74 Å². The number of likely N-dealkylation sites (tertiary alicyclic amines) is 1. The number of methoxy groups -OCH3 is 1. The van der Waals surface area contributed by atoms with Crippen LogP contribution in [0.1, 0.15) is 57.8 Å². The van der Waals surface area contributed by atoms with E-state index >= 15 is 0 Å². The molecule has 1 N–H and O–H groups in total. The number of carbonyl (C=O) groups excluding carboxylic acids is 2. The van der Waals surface area contributed by atoms with Crippen LogP contribution in [0.4, 0.5) is 0 Å². The summed E-state index contributed by atoms with van der Waals surface area (Å²) < 4.78 is 4.77. The highest BCUT2D eigenvalue weighted by molar-refractivity contribution is 6.00. The molecule has 0 aromatic carbocycles. The first kappa shape index (κ1) is 14.6. The second-order valence-electron chi connectivity index (χ2n) is 5.32. The molecule has 1 saturated heterocycles. The molecule has 5 nitrogen and oxygen atoms in total. The largest absolute Gasteiger partial charge is 0.465 e. The summed E-state index contributed by atoms with van der Waals surface area (Å²) >= 11 is 0. The number of ether oxygens (including phenoxy) is 1. The molecule has 2 heterocycles. The van der Waals surface area contributed by atoms with Gasteiger partial charge in [-0.2, -0.15) is 0 Å². The number of aromatic nitrogens is 1. The maximum absolute atomic E-state index is 12.6. The summed E-state index contributed by atoms with van der Waals surface area (Å²) in [5, 5.41) is 0. The lowest BCUT2D eigenvalue weighted by Crippen LogP contribution is -2.32. The number of aromatic amines is 1. The third kappa shape index (κ3) is 2.71. The van der Waals surface area contributed by atoms with Crippen LogP contribution in [0.15, 0.2) is 0 Å². The minimum Gasteiger partial charge on any atom is -0.465 e. The second-order valence-corrected chi connectivity index (χ2v) is 5.32. The van der Waals surface area contributed by atoms with Gasteiger partial charge >= 0.3 is 5.97 Å². The maximum Gasteiger partial charge on any atom is 0.339 e. The van der Waals surface area contributed by atoms with Crippen molar-refractivity contribution in [2.24, 2.45) is 0 Å². The van der Waals surface area contributed by atoms with Crippen molar-refractivity contribution in [3.05, 3.63) is 22.5 Å². The average Bonchev–Trinajstić information content (AvgIpc) is 2.64. The van der Waals surface area contributed by atoms with Crippen molar-refractivity contribution in [1.82, 2.24) is 9.88 Å². The minimum absolute atomic E-state index is 0.0114. The molecule has 0 spiro atoms. The summed E-state index contributed by atoms with van der Waals surface area (Å²) in [4.78, 5) is 29.3. The number of nitrogens with one attached hydrogen (secondary N) is 1. The highest BCUT2D eigenvalue weighted by Gasteiger charge is 2.25. The number of H-pyrrole nitrogens is 1. The number of carbonyl (C=O) groups is 2. The van der Waals surface area contributed by atoms with Crippen LogP contribution in [0.2, 0.25) is 0 Å². The van der Waals surface area contributed by atoms with Crippen molar-refractivity contribution in [3.63, 3.8) is 0 Å². The summed E-state index contributed by atoms with van der Waals surface area (Å²) in [6.45, 7) is 5.17. The summed E-state index contributed by atoms with van der Waals surface area (Å²) in [7, 11) is 1.35. The number of esters is 1. The third-order valence-corrected chi connectivity index (χ3v) is 3.93. The smallest absolute Gasteiger partial charge is 0.339 e. The maximum atomic E-state index is 12.6. The van der Waals surface area contributed by atoms with E-state index in [9.17, 15) is 9.59 Å². The highest BCUT2D eigenvalue weighted by atomic mass is 16.5. The van der Waals surface area contributed by atoms with E-state index < -0.39 is 5.97 Å². The molecule has 1 aliphatic heterocycles. The van der Waals surface area contributed by atoms with Gasteiger partial charge in [-0.05, 0) is 32.3 Å². The SMILES string of the molecule is COC(=O)c1c(C)[nH]c(C(=O)N2CCCCCC2)c1C. The Kier molecular flexibility index (Phi) is 4.47. The molecule has 1 aromatic heterocycles. The Hall–Kier alpha value is -1.78. The van der Waals surface area contributed by atoms with Gasteiger partial charge in [0.15, 0.2) is 0 Å². The van der Waals surface area contributed by atoms with Gasteiger partial charge in [-0.25, -0.2) is 4.79 Å². The Labute approximate surface area is 119 Å². The Morgan fingerprint density at radius 2 is 1.70 bits per heavy atom. The fourth-order valence-corrected chi connectivity index (χ4v) is 2.80. The molecule has 1 aliphatic rings. The number of hydrogen-bond donors (Lipinski definition) is 1. The van der Waals surface area contributed by atoms with Gasteiger partial charge in [-0.3, -0.25) is 4.79 Å². The molecular weight excluding hydrogens is 256 g/mol. The zero-order valence-electron chi connectivity index (χ0n) is 12.4. The van der Waals surface area contributed by atoms with Crippen LogP contribution in [0.25, 0.3) is 0 Å². The summed E-state index contributed by atoms with van der Waals surface area (Å²) in [5.74, 6) is -0.409. The molecule has 20 heavy (non-hydrogen) atoms. The summed E-state index contributed by atoms with van der Waals surface area (Å²) in [6.07, 6.45) is 4.46. The molecule has 0 atom stereocenters. The summed E-state index contributed by atoms with van der Waals surface area (Å²) in [6, 6.07) is 0. The number of nitrogens with zero attached hydrogens (tertiary/aromatic N) is 1. The van der Waals surface area contributed by atoms with Crippen LogP contribution in [0, 0.1) is 13.8 Å². The molecule has 1 fully saturated rings. The first-order valence-corrected chi connectivity index (χ1v) is 7.13. The molecular formula is C15H22N2O3. The Morgan fingerprint density at radius 1 is 1.10 bits per heavy atom. The van der Waals surface area contributed by atoms with Crippen LogP contribution in [-0.4, -0.2) is 42.0 Å². The highest BCUT2D eigenvalue weighted by Crippen LogP contribution is 2.21. The van der Waals surface area contributed by atoms with Gasteiger partial charge in [0.1, 0.15) is 5.69 Å². The van der Waals surface area contributed by atoms with Crippen LogP contribution in [0.3, 0.4) is 0 Å². The van der Waals surface area contributed by atoms with E-state index in [1.54, 1.807) is 13.8 Å². The fourth-order valence-electron chi connectivity index (χ4n) is 2.80. The first-order valence-electron chi connectivity index (χ1n) is 7.13. The number of aryl methyl sites for hydroxylation is 1. The van der Waals surface area contributed by atoms with E-state index in [2.05, 4.69) is 4.98 Å². The quantitative estimate of drug-likeness (QED) is 0.845. The Bertz CT molecular complexity index is 511. The van der Waals surface area contributed by atoms with Crippen molar-refractivity contribution in [2.45, 2.75) is 39.5 Å². The number of rotatable bonds is 2. The van der Waals surface area contributed by atoms with Gasteiger partial charge in [0.2, 0.25) is 0 Å².